The van der Waals surface area contributed by atoms with Crippen LogP contribution >= 0.6 is 15.9 Å². The molecule has 3 aromatic carbocycles. The van der Waals surface area contributed by atoms with Gasteiger partial charge in [-0.05, 0) is 42.3 Å². The van der Waals surface area contributed by atoms with Crippen molar-refractivity contribution in [2.45, 2.75) is 13.5 Å². The number of nitrogens with zero attached hydrogens (tertiary/aromatic N) is 2. The molecular weight excluding hydrogens is 360 g/mol. The van der Waals surface area contributed by atoms with Crippen LogP contribution in [0.1, 0.15) is 11.1 Å². The monoisotopic (exact) mass is 376 g/mol. The zero-order chi connectivity index (χ0) is 16.5. The summed E-state index contributed by atoms with van der Waals surface area (Å²) in [6.07, 6.45) is 0. The fraction of sp³-hybridized carbons (Fsp3) is 0.0952. The van der Waals surface area contributed by atoms with E-state index in [0.717, 1.165) is 27.9 Å². The third-order valence-electron chi connectivity index (χ3n) is 4.35. The first-order chi connectivity index (χ1) is 11.7. The van der Waals surface area contributed by atoms with Crippen molar-refractivity contribution in [3.05, 3.63) is 88.4 Å². The van der Waals surface area contributed by atoms with Gasteiger partial charge in [0.1, 0.15) is 5.82 Å². The van der Waals surface area contributed by atoms with Crippen LogP contribution < -0.4 is 0 Å². The van der Waals surface area contributed by atoms with Crippen molar-refractivity contribution in [2.24, 2.45) is 0 Å². The minimum absolute atomic E-state index is 0.818. The van der Waals surface area contributed by atoms with E-state index in [1.54, 1.807) is 0 Å². The number of halogens is 1. The summed E-state index contributed by atoms with van der Waals surface area (Å²) in [7, 11) is 0. The van der Waals surface area contributed by atoms with E-state index in [-0.39, 0.29) is 0 Å². The fourth-order valence-electron chi connectivity index (χ4n) is 3.01. The fourth-order valence-corrected chi connectivity index (χ4v) is 3.28. The first kappa shape index (κ1) is 15.2. The van der Waals surface area contributed by atoms with Crippen LogP contribution in [0.3, 0.4) is 0 Å². The second-order valence-corrected chi connectivity index (χ2v) is 6.86. The van der Waals surface area contributed by atoms with Crippen LogP contribution in [0.5, 0.6) is 0 Å². The molecule has 0 saturated carbocycles. The molecule has 4 rings (SSSR count). The van der Waals surface area contributed by atoms with E-state index < -0.39 is 0 Å². The van der Waals surface area contributed by atoms with Crippen molar-refractivity contribution < 1.29 is 0 Å². The molecule has 0 amide bonds. The molecule has 3 heteroatoms. The minimum Gasteiger partial charge on any atom is -0.319 e. The summed E-state index contributed by atoms with van der Waals surface area (Å²) in [5.41, 5.74) is 5.95. The molecule has 0 unspecified atom stereocenters. The molecule has 0 N–H and O–H groups in total. The van der Waals surface area contributed by atoms with E-state index in [0.29, 0.717) is 0 Å². The van der Waals surface area contributed by atoms with E-state index in [1.165, 1.54) is 16.6 Å². The normalized spacial score (nSPS) is 11.1. The second kappa shape index (κ2) is 6.25. The number of fused-ring (bicyclic) bond motifs is 1. The molecule has 1 aromatic heterocycles. The Kier molecular flexibility index (Phi) is 3.95. The van der Waals surface area contributed by atoms with Gasteiger partial charge in [-0.25, -0.2) is 4.98 Å². The van der Waals surface area contributed by atoms with Crippen molar-refractivity contribution in [1.29, 1.82) is 0 Å². The molecule has 4 aromatic rings. The highest BCUT2D eigenvalue weighted by atomic mass is 79.9. The van der Waals surface area contributed by atoms with Gasteiger partial charge in [0.05, 0.1) is 11.0 Å². The maximum Gasteiger partial charge on any atom is 0.141 e. The van der Waals surface area contributed by atoms with E-state index in [2.05, 4.69) is 94.2 Å². The van der Waals surface area contributed by atoms with Gasteiger partial charge >= 0.3 is 0 Å². The van der Waals surface area contributed by atoms with Crippen molar-refractivity contribution in [3.8, 4) is 11.4 Å². The Bertz CT molecular complexity index is 1000. The Hall–Kier alpha value is -2.39. The number of para-hydroxylation sites is 2. The van der Waals surface area contributed by atoms with Crippen LogP contribution in [0.2, 0.25) is 0 Å². The molecule has 0 bridgehead atoms. The largest absolute Gasteiger partial charge is 0.319 e. The van der Waals surface area contributed by atoms with E-state index in [4.69, 9.17) is 4.98 Å². The third kappa shape index (κ3) is 2.76. The van der Waals surface area contributed by atoms with Gasteiger partial charge in [0.2, 0.25) is 0 Å². The lowest BCUT2D eigenvalue weighted by molar-refractivity contribution is 0.828. The molecule has 2 nitrogen and oxygen atoms in total. The standard InChI is InChI=1S/C21H17BrN2/c1-15-6-2-3-7-17(15)14-24-20-9-5-4-8-19(20)23-21(24)16-10-12-18(22)13-11-16/h2-13H,14H2,1H3. The van der Waals surface area contributed by atoms with E-state index in [1.807, 2.05) is 6.07 Å². The van der Waals surface area contributed by atoms with Crippen molar-refractivity contribution in [2.75, 3.05) is 0 Å². The Balaban J connectivity index is 1.90. The van der Waals surface area contributed by atoms with Gasteiger partial charge in [-0.3, -0.25) is 0 Å². The Labute approximate surface area is 149 Å². The van der Waals surface area contributed by atoms with E-state index in [9.17, 15) is 0 Å². The van der Waals surface area contributed by atoms with Crippen molar-refractivity contribution >= 4 is 27.0 Å². The number of hydrogen-bond donors (Lipinski definition) is 0. The van der Waals surface area contributed by atoms with Crippen molar-refractivity contribution in [1.82, 2.24) is 9.55 Å². The molecular formula is C21H17BrN2. The lowest BCUT2D eigenvalue weighted by Gasteiger charge is -2.12. The average molecular weight is 377 g/mol. The minimum atomic E-state index is 0.818. The molecule has 0 aliphatic rings. The molecule has 0 aliphatic heterocycles. The predicted octanol–water partition coefficient (Wildman–Crippen LogP) is 5.82. The highest BCUT2D eigenvalue weighted by Gasteiger charge is 2.13. The van der Waals surface area contributed by atoms with Crippen LogP contribution in [0.15, 0.2) is 77.3 Å². The van der Waals surface area contributed by atoms with Crippen molar-refractivity contribution in [3.63, 3.8) is 0 Å². The summed E-state index contributed by atoms with van der Waals surface area (Å²) in [6, 6.07) is 25.2. The average Bonchev–Trinajstić information content (AvgIpc) is 2.96. The molecule has 0 radical (unpaired) electrons. The zero-order valence-corrected chi connectivity index (χ0v) is 15.0. The van der Waals surface area contributed by atoms with Crippen LogP contribution in [0.25, 0.3) is 22.4 Å². The SMILES string of the molecule is Cc1ccccc1Cn1c(-c2ccc(Br)cc2)nc2ccccc21. The second-order valence-electron chi connectivity index (χ2n) is 5.94. The molecule has 0 spiro atoms. The molecule has 24 heavy (non-hydrogen) atoms. The van der Waals surface area contributed by atoms with Gasteiger partial charge in [0.25, 0.3) is 0 Å². The number of aromatic nitrogens is 2. The quantitative estimate of drug-likeness (QED) is 0.440. The lowest BCUT2D eigenvalue weighted by Crippen LogP contribution is -2.03. The Morgan fingerprint density at radius 2 is 1.58 bits per heavy atom. The van der Waals surface area contributed by atoms with Gasteiger partial charge in [-0.2, -0.15) is 0 Å². The summed E-state index contributed by atoms with van der Waals surface area (Å²) in [4.78, 5) is 4.89. The first-order valence-electron chi connectivity index (χ1n) is 7.98. The van der Waals surface area contributed by atoms with Crippen LogP contribution in [0.4, 0.5) is 0 Å². The number of imidazole rings is 1. The maximum absolute atomic E-state index is 4.89. The molecule has 0 atom stereocenters. The highest BCUT2D eigenvalue weighted by Crippen LogP contribution is 2.27. The summed E-state index contributed by atoms with van der Waals surface area (Å²) >= 11 is 3.51. The predicted molar refractivity (Wildman–Crippen MR) is 103 cm³/mol. The maximum atomic E-state index is 4.89. The topological polar surface area (TPSA) is 17.8 Å². The Morgan fingerprint density at radius 3 is 2.38 bits per heavy atom. The summed E-state index contributed by atoms with van der Waals surface area (Å²) in [6.45, 7) is 2.98. The molecule has 1 heterocycles. The lowest BCUT2D eigenvalue weighted by atomic mass is 10.1. The number of hydrogen-bond acceptors (Lipinski definition) is 1. The summed E-state index contributed by atoms with van der Waals surface area (Å²) in [5.74, 6) is 1.01. The number of benzene rings is 3. The van der Waals surface area contributed by atoms with Gasteiger partial charge in [0, 0.05) is 16.6 Å². The van der Waals surface area contributed by atoms with Crippen LogP contribution in [-0.2, 0) is 6.54 Å². The zero-order valence-electron chi connectivity index (χ0n) is 13.4. The van der Waals surface area contributed by atoms with Gasteiger partial charge in [-0.1, -0.05) is 64.5 Å². The number of aryl methyl sites for hydroxylation is 1. The summed E-state index contributed by atoms with van der Waals surface area (Å²) < 4.78 is 3.38. The molecule has 118 valence electrons. The van der Waals surface area contributed by atoms with Crippen LogP contribution in [-0.4, -0.2) is 9.55 Å². The van der Waals surface area contributed by atoms with E-state index >= 15 is 0 Å². The summed E-state index contributed by atoms with van der Waals surface area (Å²) in [5, 5.41) is 0. The number of rotatable bonds is 3. The van der Waals surface area contributed by atoms with Gasteiger partial charge in [-0.15, -0.1) is 0 Å². The third-order valence-corrected chi connectivity index (χ3v) is 4.88. The van der Waals surface area contributed by atoms with Gasteiger partial charge < -0.3 is 4.57 Å². The highest BCUT2D eigenvalue weighted by molar-refractivity contribution is 9.10. The Morgan fingerprint density at radius 1 is 0.875 bits per heavy atom. The van der Waals surface area contributed by atoms with Gasteiger partial charge in [0.15, 0.2) is 0 Å². The molecule has 0 saturated heterocycles. The molecule has 0 aliphatic carbocycles. The molecule has 0 fully saturated rings. The first-order valence-corrected chi connectivity index (χ1v) is 8.77. The van der Waals surface area contributed by atoms with Crippen LogP contribution in [0, 0.1) is 6.92 Å². The smallest absolute Gasteiger partial charge is 0.141 e.